The normalized spacial score (nSPS) is 25.9. The van der Waals surface area contributed by atoms with Crippen molar-refractivity contribution in [2.45, 2.75) is 32.9 Å². The Morgan fingerprint density at radius 1 is 1.38 bits per heavy atom. The minimum atomic E-state index is -0.306. The van der Waals surface area contributed by atoms with Gasteiger partial charge in [0.25, 0.3) is 0 Å². The minimum absolute atomic E-state index is 0.306. The maximum absolute atomic E-state index is 9.44. The molecule has 1 atom stereocenters. The van der Waals surface area contributed by atoms with Crippen molar-refractivity contribution in [3.8, 4) is 0 Å². The Bertz CT molecular complexity index is 276. The van der Waals surface area contributed by atoms with E-state index < -0.39 is 0 Å². The number of nitrogens with zero attached hydrogens (tertiary/aromatic N) is 1. The fourth-order valence-corrected chi connectivity index (χ4v) is 2.10. The van der Waals surface area contributed by atoms with E-state index in [-0.39, 0.29) is 6.23 Å². The van der Waals surface area contributed by atoms with Crippen LogP contribution in [0.3, 0.4) is 0 Å². The van der Waals surface area contributed by atoms with Gasteiger partial charge in [-0.15, -0.1) is 0 Å². The highest BCUT2D eigenvalue weighted by Crippen LogP contribution is 2.30. The standard InChI is InChI=1S/C11H17NO/c1-8-3-4-10-6-12(9(2)13)7-11(10)5-8/h5,9,13H,3-4,6-7H2,1-2H3. The summed E-state index contributed by atoms with van der Waals surface area (Å²) < 4.78 is 0. The maximum Gasteiger partial charge on any atom is 0.105 e. The van der Waals surface area contributed by atoms with Crippen LogP contribution < -0.4 is 0 Å². The molecule has 1 unspecified atom stereocenters. The van der Waals surface area contributed by atoms with Crippen LogP contribution in [0.1, 0.15) is 26.7 Å². The van der Waals surface area contributed by atoms with Gasteiger partial charge in [0.05, 0.1) is 0 Å². The molecule has 0 aromatic carbocycles. The quantitative estimate of drug-likeness (QED) is 0.662. The number of aliphatic hydroxyl groups is 1. The van der Waals surface area contributed by atoms with E-state index >= 15 is 0 Å². The van der Waals surface area contributed by atoms with Crippen LogP contribution in [0.5, 0.6) is 0 Å². The fraction of sp³-hybridized carbons (Fsp3) is 0.636. The largest absolute Gasteiger partial charge is 0.379 e. The van der Waals surface area contributed by atoms with Crippen molar-refractivity contribution in [2.75, 3.05) is 13.1 Å². The van der Waals surface area contributed by atoms with Gasteiger partial charge in [0.2, 0.25) is 0 Å². The van der Waals surface area contributed by atoms with Crippen molar-refractivity contribution >= 4 is 0 Å². The zero-order valence-electron chi connectivity index (χ0n) is 8.38. The Morgan fingerprint density at radius 3 is 2.85 bits per heavy atom. The van der Waals surface area contributed by atoms with Gasteiger partial charge in [-0.3, -0.25) is 4.90 Å². The molecule has 1 aliphatic carbocycles. The van der Waals surface area contributed by atoms with E-state index in [9.17, 15) is 5.11 Å². The molecule has 2 rings (SSSR count). The smallest absolute Gasteiger partial charge is 0.105 e. The molecule has 0 radical (unpaired) electrons. The number of hydrogen-bond acceptors (Lipinski definition) is 2. The lowest BCUT2D eigenvalue weighted by Crippen LogP contribution is -2.31. The van der Waals surface area contributed by atoms with E-state index in [0.717, 1.165) is 13.1 Å². The van der Waals surface area contributed by atoms with Gasteiger partial charge in [-0.05, 0) is 32.3 Å². The third kappa shape index (κ3) is 1.69. The van der Waals surface area contributed by atoms with Crippen molar-refractivity contribution < 1.29 is 5.11 Å². The second-order valence-corrected chi connectivity index (χ2v) is 4.16. The monoisotopic (exact) mass is 179 g/mol. The number of hydrogen-bond donors (Lipinski definition) is 1. The third-order valence-electron chi connectivity index (χ3n) is 2.99. The third-order valence-corrected chi connectivity index (χ3v) is 2.99. The number of rotatable bonds is 1. The van der Waals surface area contributed by atoms with E-state index in [0.29, 0.717) is 0 Å². The highest BCUT2D eigenvalue weighted by Gasteiger charge is 2.24. The molecule has 0 aromatic heterocycles. The summed E-state index contributed by atoms with van der Waals surface area (Å²) >= 11 is 0. The van der Waals surface area contributed by atoms with Crippen molar-refractivity contribution in [3.05, 3.63) is 22.8 Å². The van der Waals surface area contributed by atoms with Crippen LogP contribution in [0.25, 0.3) is 0 Å². The van der Waals surface area contributed by atoms with Gasteiger partial charge < -0.3 is 5.11 Å². The minimum Gasteiger partial charge on any atom is -0.379 e. The SMILES string of the molecule is CC1=CC2=C(CC1)CN(C(C)O)C2. The van der Waals surface area contributed by atoms with Crippen LogP contribution >= 0.6 is 0 Å². The van der Waals surface area contributed by atoms with Gasteiger partial charge in [-0.2, -0.15) is 0 Å². The molecule has 1 heterocycles. The van der Waals surface area contributed by atoms with Crippen LogP contribution in [-0.2, 0) is 0 Å². The van der Waals surface area contributed by atoms with E-state index in [1.54, 1.807) is 0 Å². The van der Waals surface area contributed by atoms with E-state index in [1.807, 2.05) is 6.92 Å². The summed E-state index contributed by atoms with van der Waals surface area (Å²) in [5, 5.41) is 9.44. The molecule has 0 spiro atoms. The molecule has 13 heavy (non-hydrogen) atoms. The lowest BCUT2D eigenvalue weighted by molar-refractivity contribution is 0.0389. The predicted molar refractivity (Wildman–Crippen MR) is 53.3 cm³/mol. The van der Waals surface area contributed by atoms with Crippen LogP contribution in [0.2, 0.25) is 0 Å². The van der Waals surface area contributed by atoms with Crippen LogP contribution in [0.4, 0.5) is 0 Å². The van der Waals surface area contributed by atoms with Crippen molar-refractivity contribution in [1.82, 2.24) is 4.90 Å². The van der Waals surface area contributed by atoms with Gasteiger partial charge in [0, 0.05) is 13.1 Å². The molecule has 1 N–H and O–H groups in total. The lowest BCUT2D eigenvalue weighted by Gasteiger charge is -2.18. The highest BCUT2D eigenvalue weighted by molar-refractivity contribution is 5.38. The second kappa shape index (κ2) is 3.28. The molecule has 2 aliphatic rings. The predicted octanol–water partition coefficient (Wildman–Crippen LogP) is 1.68. The van der Waals surface area contributed by atoms with Gasteiger partial charge in [-0.1, -0.05) is 17.2 Å². The Morgan fingerprint density at radius 2 is 2.15 bits per heavy atom. The second-order valence-electron chi connectivity index (χ2n) is 4.16. The van der Waals surface area contributed by atoms with Gasteiger partial charge in [-0.25, -0.2) is 0 Å². The Balaban J connectivity index is 2.11. The Hall–Kier alpha value is -0.600. The number of aliphatic hydroxyl groups excluding tert-OH is 1. The summed E-state index contributed by atoms with van der Waals surface area (Å²) in [5.74, 6) is 0. The average molecular weight is 179 g/mol. The van der Waals surface area contributed by atoms with Crippen LogP contribution in [-0.4, -0.2) is 29.3 Å². The summed E-state index contributed by atoms with van der Waals surface area (Å²) in [4.78, 5) is 2.11. The molecular formula is C11H17NO. The van der Waals surface area contributed by atoms with Crippen molar-refractivity contribution in [2.24, 2.45) is 0 Å². The van der Waals surface area contributed by atoms with Crippen LogP contribution in [0, 0.1) is 0 Å². The summed E-state index contributed by atoms with van der Waals surface area (Å²) in [7, 11) is 0. The summed E-state index contributed by atoms with van der Waals surface area (Å²) in [6.45, 7) is 5.94. The molecule has 1 aliphatic heterocycles. The Kier molecular flexibility index (Phi) is 2.26. The molecular weight excluding hydrogens is 162 g/mol. The van der Waals surface area contributed by atoms with E-state index in [4.69, 9.17) is 0 Å². The van der Waals surface area contributed by atoms with Crippen LogP contribution in [0.15, 0.2) is 22.8 Å². The lowest BCUT2D eigenvalue weighted by atomic mass is 9.95. The molecule has 0 bridgehead atoms. The van der Waals surface area contributed by atoms with Gasteiger partial charge in [0.15, 0.2) is 0 Å². The summed E-state index contributed by atoms with van der Waals surface area (Å²) in [6.07, 6.45) is 4.38. The zero-order chi connectivity index (χ0) is 9.42. The van der Waals surface area contributed by atoms with E-state index in [2.05, 4.69) is 17.9 Å². The molecule has 0 fully saturated rings. The van der Waals surface area contributed by atoms with Crippen molar-refractivity contribution in [3.63, 3.8) is 0 Å². The zero-order valence-corrected chi connectivity index (χ0v) is 8.38. The van der Waals surface area contributed by atoms with E-state index in [1.165, 1.54) is 29.6 Å². The first kappa shape index (κ1) is 8.97. The first-order valence-corrected chi connectivity index (χ1v) is 4.97. The highest BCUT2D eigenvalue weighted by atomic mass is 16.3. The first-order chi connectivity index (χ1) is 6.16. The number of allylic oxidation sites excluding steroid dienone is 1. The maximum atomic E-state index is 9.44. The molecule has 0 saturated heterocycles. The van der Waals surface area contributed by atoms with Crippen molar-refractivity contribution in [1.29, 1.82) is 0 Å². The fourth-order valence-electron chi connectivity index (χ4n) is 2.10. The summed E-state index contributed by atoms with van der Waals surface area (Å²) in [5.41, 5.74) is 4.46. The topological polar surface area (TPSA) is 23.5 Å². The molecule has 2 heteroatoms. The summed E-state index contributed by atoms with van der Waals surface area (Å²) in [6, 6.07) is 0. The molecule has 0 amide bonds. The molecule has 0 aromatic rings. The first-order valence-electron chi connectivity index (χ1n) is 4.97. The molecule has 72 valence electrons. The molecule has 2 nitrogen and oxygen atoms in total. The van der Waals surface area contributed by atoms with Gasteiger partial charge in [0.1, 0.15) is 6.23 Å². The Labute approximate surface area is 79.6 Å². The molecule has 0 saturated carbocycles. The average Bonchev–Trinajstić information content (AvgIpc) is 2.46. The van der Waals surface area contributed by atoms with Gasteiger partial charge >= 0.3 is 0 Å².